The van der Waals surface area contributed by atoms with E-state index >= 15 is 0 Å². The van der Waals surface area contributed by atoms with Crippen LogP contribution in [0.5, 0.6) is 0 Å². The number of benzene rings is 2. The Morgan fingerprint density at radius 1 is 1.10 bits per heavy atom. The van der Waals surface area contributed by atoms with Gasteiger partial charge in [-0.05, 0) is 41.1 Å². The Bertz CT molecular complexity index is 1070. The molecule has 0 atom stereocenters. The summed E-state index contributed by atoms with van der Waals surface area (Å²) in [6, 6.07) is 12.2. The van der Waals surface area contributed by atoms with E-state index in [1.165, 1.54) is 23.1 Å². The van der Waals surface area contributed by atoms with E-state index in [2.05, 4.69) is 21.2 Å². The Balaban J connectivity index is 1.83. The number of carbonyl (C=O) groups is 2. The molecule has 0 unspecified atom stereocenters. The summed E-state index contributed by atoms with van der Waals surface area (Å²) in [6.45, 7) is 1.53. The first-order valence-corrected chi connectivity index (χ1v) is 9.92. The lowest BCUT2D eigenvalue weighted by Crippen LogP contribution is -2.39. The second kappa shape index (κ2) is 8.51. The SMILES string of the molecule is CCN(CC(=O)Nc1ccccc1C(F)(F)F)C(=O)c1c(Br)c2ccccc2n1C. The molecule has 0 aliphatic heterocycles. The molecule has 0 radical (unpaired) electrons. The molecule has 158 valence electrons. The van der Waals surface area contributed by atoms with E-state index in [-0.39, 0.29) is 18.8 Å². The summed E-state index contributed by atoms with van der Waals surface area (Å²) in [5.74, 6) is -1.11. The predicted octanol–water partition coefficient (Wildman–Crippen LogP) is 5.06. The van der Waals surface area contributed by atoms with Crippen LogP contribution in [0.15, 0.2) is 53.0 Å². The zero-order valence-corrected chi connectivity index (χ0v) is 17.8. The average molecular weight is 482 g/mol. The van der Waals surface area contributed by atoms with Crippen LogP contribution in [0.3, 0.4) is 0 Å². The van der Waals surface area contributed by atoms with Gasteiger partial charge in [-0.15, -0.1) is 0 Å². The van der Waals surface area contributed by atoms with Crippen molar-refractivity contribution in [1.82, 2.24) is 9.47 Å². The van der Waals surface area contributed by atoms with Crippen LogP contribution in [0.25, 0.3) is 10.9 Å². The molecule has 2 amide bonds. The molecule has 3 rings (SSSR count). The van der Waals surface area contributed by atoms with Gasteiger partial charge in [-0.25, -0.2) is 0 Å². The maximum atomic E-state index is 13.1. The van der Waals surface area contributed by atoms with Crippen LogP contribution >= 0.6 is 15.9 Å². The van der Waals surface area contributed by atoms with Crippen LogP contribution in [-0.4, -0.2) is 34.4 Å². The predicted molar refractivity (Wildman–Crippen MR) is 112 cm³/mol. The first kappa shape index (κ1) is 21.9. The summed E-state index contributed by atoms with van der Waals surface area (Å²) in [7, 11) is 1.74. The van der Waals surface area contributed by atoms with Gasteiger partial charge in [0.15, 0.2) is 0 Å². The number of carbonyl (C=O) groups excluding carboxylic acids is 2. The van der Waals surface area contributed by atoms with E-state index < -0.39 is 23.6 Å². The van der Waals surface area contributed by atoms with E-state index in [1.807, 2.05) is 24.3 Å². The maximum Gasteiger partial charge on any atom is 0.418 e. The molecule has 0 aliphatic carbocycles. The number of amides is 2. The second-order valence-corrected chi connectivity index (χ2v) is 7.44. The van der Waals surface area contributed by atoms with Gasteiger partial charge in [0.05, 0.1) is 15.7 Å². The number of para-hydroxylation sites is 2. The van der Waals surface area contributed by atoms with Gasteiger partial charge in [-0.2, -0.15) is 13.2 Å². The fourth-order valence-electron chi connectivity index (χ4n) is 3.26. The molecule has 2 aromatic carbocycles. The lowest BCUT2D eigenvalue weighted by molar-refractivity contribution is -0.137. The zero-order valence-electron chi connectivity index (χ0n) is 16.3. The molecule has 9 heteroatoms. The molecule has 0 aliphatic rings. The van der Waals surface area contributed by atoms with Crippen LogP contribution in [-0.2, 0) is 18.0 Å². The van der Waals surface area contributed by atoms with Crippen LogP contribution < -0.4 is 5.32 Å². The molecular weight excluding hydrogens is 463 g/mol. The van der Waals surface area contributed by atoms with E-state index in [9.17, 15) is 22.8 Å². The smallest absolute Gasteiger partial charge is 0.339 e. The largest absolute Gasteiger partial charge is 0.418 e. The van der Waals surface area contributed by atoms with Crippen molar-refractivity contribution in [3.8, 4) is 0 Å². The average Bonchev–Trinajstić information content (AvgIpc) is 2.96. The molecule has 1 aromatic heterocycles. The molecule has 3 aromatic rings. The number of aryl methyl sites for hydroxylation is 1. The van der Waals surface area contributed by atoms with Crippen LogP contribution in [0, 0.1) is 0 Å². The van der Waals surface area contributed by atoms with Crippen molar-refractivity contribution in [2.24, 2.45) is 7.05 Å². The number of alkyl halides is 3. The molecule has 1 N–H and O–H groups in total. The number of likely N-dealkylation sites (N-methyl/N-ethyl adjacent to an activating group) is 1. The van der Waals surface area contributed by atoms with Gasteiger partial charge in [0, 0.05) is 24.5 Å². The Hall–Kier alpha value is -2.81. The highest BCUT2D eigenvalue weighted by molar-refractivity contribution is 9.10. The lowest BCUT2D eigenvalue weighted by Gasteiger charge is -2.22. The van der Waals surface area contributed by atoms with E-state index in [1.54, 1.807) is 18.5 Å². The fourth-order valence-corrected chi connectivity index (χ4v) is 4.03. The highest BCUT2D eigenvalue weighted by Gasteiger charge is 2.34. The maximum absolute atomic E-state index is 13.1. The van der Waals surface area contributed by atoms with E-state index in [4.69, 9.17) is 0 Å². The number of anilines is 1. The van der Waals surface area contributed by atoms with Gasteiger partial charge < -0.3 is 14.8 Å². The molecule has 5 nitrogen and oxygen atoms in total. The number of halogens is 4. The first-order chi connectivity index (χ1) is 14.1. The number of rotatable bonds is 5. The number of nitrogens with one attached hydrogen (secondary N) is 1. The minimum Gasteiger partial charge on any atom is -0.339 e. The van der Waals surface area contributed by atoms with Gasteiger partial charge in [0.2, 0.25) is 5.91 Å². The van der Waals surface area contributed by atoms with Crippen LogP contribution in [0.2, 0.25) is 0 Å². The highest BCUT2D eigenvalue weighted by Crippen LogP contribution is 2.34. The second-order valence-electron chi connectivity index (χ2n) is 6.65. The minimum absolute atomic E-state index is 0.209. The summed E-state index contributed by atoms with van der Waals surface area (Å²) in [5.41, 5.74) is -0.0812. The van der Waals surface area contributed by atoms with Gasteiger partial charge in [0.25, 0.3) is 5.91 Å². The summed E-state index contributed by atoms with van der Waals surface area (Å²) in [5, 5.41) is 3.12. The highest BCUT2D eigenvalue weighted by atomic mass is 79.9. The van der Waals surface area contributed by atoms with Crippen LogP contribution in [0.4, 0.5) is 18.9 Å². The molecule has 0 spiro atoms. The van der Waals surface area contributed by atoms with E-state index in [0.29, 0.717) is 10.2 Å². The lowest BCUT2D eigenvalue weighted by atomic mass is 10.1. The number of nitrogens with zero attached hydrogens (tertiary/aromatic N) is 2. The quantitative estimate of drug-likeness (QED) is 0.553. The third kappa shape index (κ3) is 4.21. The zero-order chi connectivity index (χ0) is 22.1. The van der Waals surface area contributed by atoms with E-state index in [0.717, 1.165) is 17.0 Å². The molecule has 30 heavy (non-hydrogen) atoms. The molecule has 0 saturated carbocycles. The van der Waals surface area contributed by atoms with Gasteiger partial charge in [-0.1, -0.05) is 30.3 Å². The summed E-state index contributed by atoms with van der Waals surface area (Å²) in [4.78, 5) is 26.8. The van der Waals surface area contributed by atoms with Crippen molar-refractivity contribution in [2.45, 2.75) is 13.1 Å². The van der Waals surface area contributed by atoms with Crippen molar-refractivity contribution in [1.29, 1.82) is 0 Å². The summed E-state index contributed by atoms with van der Waals surface area (Å²) < 4.78 is 41.8. The normalized spacial score (nSPS) is 11.5. The van der Waals surface area contributed by atoms with Gasteiger partial charge in [-0.3, -0.25) is 9.59 Å². The van der Waals surface area contributed by atoms with Crippen molar-refractivity contribution >= 4 is 44.3 Å². The Morgan fingerprint density at radius 3 is 2.37 bits per heavy atom. The summed E-state index contributed by atoms with van der Waals surface area (Å²) >= 11 is 3.46. The van der Waals surface area contributed by atoms with Gasteiger partial charge in [0.1, 0.15) is 12.2 Å². The number of aromatic nitrogens is 1. The standard InChI is InChI=1S/C21H19BrF3N3O2/c1-3-28(12-17(29)26-15-10-6-5-9-14(15)21(23,24)25)20(30)19-18(22)13-8-4-7-11-16(13)27(19)2/h4-11H,3,12H2,1-2H3,(H,26,29). The fraction of sp³-hybridized carbons (Fsp3) is 0.238. The molecular formula is C21H19BrF3N3O2. The Kier molecular flexibility index (Phi) is 6.21. The molecule has 0 fully saturated rings. The van der Waals surface area contributed by atoms with Crippen molar-refractivity contribution < 1.29 is 22.8 Å². The van der Waals surface area contributed by atoms with Crippen molar-refractivity contribution in [3.63, 3.8) is 0 Å². The van der Waals surface area contributed by atoms with Crippen molar-refractivity contribution in [3.05, 3.63) is 64.3 Å². The van der Waals surface area contributed by atoms with Crippen LogP contribution in [0.1, 0.15) is 23.0 Å². The topological polar surface area (TPSA) is 54.3 Å². The number of hydrogen-bond donors (Lipinski definition) is 1. The first-order valence-electron chi connectivity index (χ1n) is 9.13. The number of hydrogen-bond acceptors (Lipinski definition) is 2. The third-order valence-electron chi connectivity index (χ3n) is 4.76. The minimum atomic E-state index is -4.60. The Morgan fingerprint density at radius 2 is 1.73 bits per heavy atom. The molecule has 1 heterocycles. The molecule has 0 bridgehead atoms. The van der Waals surface area contributed by atoms with Gasteiger partial charge >= 0.3 is 6.18 Å². The monoisotopic (exact) mass is 481 g/mol. The molecule has 0 saturated heterocycles. The Labute approximate surface area is 179 Å². The van der Waals surface area contributed by atoms with Crippen molar-refractivity contribution in [2.75, 3.05) is 18.4 Å². The third-order valence-corrected chi connectivity index (χ3v) is 5.56. The summed E-state index contributed by atoms with van der Waals surface area (Å²) in [6.07, 6.45) is -4.60. The number of fused-ring (bicyclic) bond motifs is 1.